The number of carboxylic acid groups (broad SMARTS) is 1. The number of nitrogens with zero attached hydrogens (tertiary/aromatic N) is 1. The highest BCUT2D eigenvalue weighted by Gasteiger charge is 2.43. The van der Waals surface area contributed by atoms with Gasteiger partial charge in [0.15, 0.2) is 0 Å². The van der Waals surface area contributed by atoms with Crippen molar-refractivity contribution < 1.29 is 14.6 Å². The summed E-state index contributed by atoms with van der Waals surface area (Å²) in [7, 11) is 0. The Morgan fingerprint density at radius 2 is 2.25 bits per heavy atom. The number of aliphatic carboxylic acids is 1. The van der Waals surface area contributed by atoms with Gasteiger partial charge in [-0.15, -0.1) is 0 Å². The van der Waals surface area contributed by atoms with E-state index in [1.807, 2.05) is 30.3 Å². The van der Waals surface area contributed by atoms with Crippen LogP contribution in [0.4, 0.5) is 0 Å². The van der Waals surface area contributed by atoms with E-state index in [4.69, 9.17) is 15.6 Å². The molecule has 20 heavy (non-hydrogen) atoms. The van der Waals surface area contributed by atoms with Crippen LogP contribution in [0, 0.1) is 0 Å². The predicted octanol–water partition coefficient (Wildman–Crippen LogP) is 1.95. The van der Waals surface area contributed by atoms with Crippen LogP contribution in [-0.2, 0) is 4.79 Å². The summed E-state index contributed by atoms with van der Waals surface area (Å²) in [5, 5.41) is 10.1. The number of carboxylic acids is 1. The molecule has 1 aliphatic rings. The average Bonchev–Trinajstić information content (AvgIpc) is 2.82. The van der Waals surface area contributed by atoms with Gasteiger partial charge in [-0.2, -0.15) is 0 Å². The molecule has 3 rings (SSSR count). The lowest BCUT2D eigenvalue weighted by Gasteiger charge is -2.19. The number of hydrogen-bond acceptors (Lipinski definition) is 4. The van der Waals surface area contributed by atoms with Crippen LogP contribution in [0.1, 0.15) is 19.3 Å². The summed E-state index contributed by atoms with van der Waals surface area (Å²) in [4.78, 5) is 15.4. The molecule has 2 atom stereocenters. The summed E-state index contributed by atoms with van der Waals surface area (Å²) in [5.41, 5.74) is 5.57. The van der Waals surface area contributed by atoms with E-state index in [2.05, 4.69) is 4.98 Å². The van der Waals surface area contributed by atoms with Gasteiger partial charge < -0.3 is 15.6 Å². The monoisotopic (exact) mass is 272 g/mol. The molecule has 2 aromatic rings. The van der Waals surface area contributed by atoms with Crippen LogP contribution in [0.25, 0.3) is 10.9 Å². The van der Waals surface area contributed by atoms with Crippen molar-refractivity contribution in [3.63, 3.8) is 0 Å². The number of nitrogens with two attached hydrogens (primary N) is 1. The molecule has 1 fully saturated rings. The maximum Gasteiger partial charge on any atom is 0.323 e. The van der Waals surface area contributed by atoms with E-state index in [0.29, 0.717) is 19.3 Å². The van der Waals surface area contributed by atoms with Crippen molar-refractivity contribution >= 4 is 16.9 Å². The van der Waals surface area contributed by atoms with Crippen molar-refractivity contribution in [1.29, 1.82) is 0 Å². The number of fused-ring (bicyclic) bond motifs is 1. The summed E-state index contributed by atoms with van der Waals surface area (Å²) in [6, 6.07) is 9.48. The molecule has 0 amide bonds. The first-order chi connectivity index (χ1) is 9.58. The Hall–Kier alpha value is -2.14. The SMILES string of the molecule is NC1(C(=O)O)CCC(Oc2cccc3ncccc23)C1. The van der Waals surface area contributed by atoms with Crippen LogP contribution in [0.15, 0.2) is 36.5 Å². The van der Waals surface area contributed by atoms with Crippen molar-refractivity contribution in [2.75, 3.05) is 0 Å². The quantitative estimate of drug-likeness (QED) is 0.892. The molecular weight excluding hydrogens is 256 g/mol. The Bertz CT molecular complexity index is 653. The van der Waals surface area contributed by atoms with Crippen molar-refractivity contribution in [2.24, 2.45) is 5.73 Å². The van der Waals surface area contributed by atoms with Crippen molar-refractivity contribution in [2.45, 2.75) is 30.9 Å². The summed E-state index contributed by atoms with van der Waals surface area (Å²) in [6.45, 7) is 0. The molecular formula is C15H16N2O3. The van der Waals surface area contributed by atoms with Crippen LogP contribution in [-0.4, -0.2) is 27.7 Å². The summed E-state index contributed by atoms with van der Waals surface area (Å²) < 4.78 is 5.95. The van der Waals surface area contributed by atoms with Gasteiger partial charge in [0.1, 0.15) is 17.4 Å². The molecule has 1 aromatic heterocycles. The van der Waals surface area contributed by atoms with E-state index in [-0.39, 0.29) is 6.10 Å². The highest BCUT2D eigenvalue weighted by atomic mass is 16.5. The second-order valence-corrected chi connectivity index (χ2v) is 5.27. The predicted molar refractivity (Wildman–Crippen MR) is 74.6 cm³/mol. The van der Waals surface area contributed by atoms with Crippen molar-refractivity contribution in [3.8, 4) is 5.75 Å². The molecule has 0 spiro atoms. The van der Waals surface area contributed by atoms with E-state index < -0.39 is 11.5 Å². The van der Waals surface area contributed by atoms with Crippen molar-refractivity contribution in [3.05, 3.63) is 36.5 Å². The largest absolute Gasteiger partial charge is 0.490 e. The van der Waals surface area contributed by atoms with E-state index >= 15 is 0 Å². The van der Waals surface area contributed by atoms with Gasteiger partial charge in [-0.1, -0.05) is 6.07 Å². The Labute approximate surface area is 116 Å². The van der Waals surface area contributed by atoms with Gasteiger partial charge in [0.25, 0.3) is 0 Å². The van der Waals surface area contributed by atoms with Gasteiger partial charge in [0.05, 0.1) is 5.52 Å². The number of carbonyl (C=O) groups is 1. The van der Waals surface area contributed by atoms with Gasteiger partial charge in [-0.25, -0.2) is 0 Å². The van der Waals surface area contributed by atoms with Gasteiger partial charge >= 0.3 is 5.97 Å². The Balaban J connectivity index is 1.83. The fourth-order valence-corrected chi connectivity index (χ4v) is 2.68. The molecule has 1 heterocycles. The van der Waals surface area contributed by atoms with E-state index in [1.54, 1.807) is 6.20 Å². The van der Waals surface area contributed by atoms with Gasteiger partial charge in [0.2, 0.25) is 0 Å². The van der Waals surface area contributed by atoms with E-state index in [1.165, 1.54) is 0 Å². The van der Waals surface area contributed by atoms with Crippen LogP contribution in [0.2, 0.25) is 0 Å². The second-order valence-electron chi connectivity index (χ2n) is 5.27. The molecule has 5 nitrogen and oxygen atoms in total. The number of pyridine rings is 1. The van der Waals surface area contributed by atoms with E-state index in [0.717, 1.165) is 16.7 Å². The molecule has 0 saturated heterocycles. The van der Waals surface area contributed by atoms with Crippen LogP contribution in [0.3, 0.4) is 0 Å². The topological polar surface area (TPSA) is 85.4 Å². The number of aromatic nitrogens is 1. The maximum absolute atomic E-state index is 11.1. The molecule has 1 aliphatic carbocycles. The molecule has 0 bridgehead atoms. The fraction of sp³-hybridized carbons (Fsp3) is 0.333. The molecule has 0 radical (unpaired) electrons. The number of hydrogen-bond donors (Lipinski definition) is 2. The number of benzene rings is 1. The second kappa shape index (κ2) is 4.76. The average molecular weight is 272 g/mol. The minimum atomic E-state index is -1.16. The third kappa shape index (κ3) is 2.20. The first kappa shape index (κ1) is 12.9. The molecule has 1 saturated carbocycles. The standard InChI is InChI=1S/C15H16N2O3/c16-15(14(18)19)7-6-10(9-15)20-13-5-1-4-12-11(13)3-2-8-17-12/h1-5,8,10H,6-7,9,16H2,(H,18,19). The molecule has 2 unspecified atom stereocenters. The third-order valence-corrected chi connectivity index (χ3v) is 3.83. The molecule has 104 valence electrons. The zero-order valence-electron chi connectivity index (χ0n) is 11.0. The van der Waals surface area contributed by atoms with E-state index in [9.17, 15) is 4.79 Å². The number of rotatable bonds is 3. The van der Waals surface area contributed by atoms with Crippen molar-refractivity contribution in [1.82, 2.24) is 4.98 Å². The number of ether oxygens (including phenoxy) is 1. The zero-order valence-corrected chi connectivity index (χ0v) is 11.0. The highest BCUT2D eigenvalue weighted by Crippen LogP contribution is 2.33. The lowest BCUT2D eigenvalue weighted by atomic mass is 10.00. The first-order valence-electron chi connectivity index (χ1n) is 6.61. The summed E-state index contributed by atoms with van der Waals surface area (Å²) in [6.07, 6.45) is 2.99. The normalized spacial score (nSPS) is 25.8. The van der Waals surface area contributed by atoms with Gasteiger partial charge in [-0.3, -0.25) is 9.78 Å². The Kier molecular flexibility index (Phi) is 3.06. The smallest absolute Gasteiger partial charge is 0.323 e. The summed E-state index contributed by atoms with van der Waals surface area (Å²) >= 11 is 0. The third-order valence-electron chi connectivity index (χ3n) is 3.83. The summed E-state index contributed by atoms with van der Waals surface area (Å²) in [5.74, 6) is -0.224. The molecule has 5 heteroatoms. The molecule has 3 N–H and O–H groups in total. The lowest BCUT2D eigenvalue weighted by Crippen LogP contribution is -2.46. The lowest BCUT2D eigenvalue weighted by molar-refractivity contribution is -0.143. The first-order valence-corrected chi connectivity index (χ1v) is 6.61. The van der Waals surface area contributed by atoms with Gasteiger partial charge in [0, 0.05) is 18.0 Å². The highest BCUT2D eigenvalue weighted by molar-refractivity contribution is 5.84. The van der Waals surface area contributed by atoms with Crippen LogP contribution in [0.5, 0.6) is 5.75 Å². The minimum absolute atomic E-state index is 0.165. The fourth-order valence-electron chi connectivity index (χ4n) is 2.68. The van der Waals surface area contributed by atoms with Crippen LogP contribution >= 0.6 is 0 Å². The molecule has 1 aromatic carbocycles. The Morgan fingerprint density at radius 3 is 3.00 bits per heavy atom. The van der Waals surface area contributed by atoms with Gasteiger partial charge in [-0.05, 0) is 37.1 Å². The zero-order chi connectivity index (χ0) is 14.2. The maximum atomic E-state index is 11.1. The Morgan fingerprint density at radius 1 is 1.40 bits per heavy atom. The molecule has 0 aliphatic heterocycles. The minimum Gasteiger partial charge on any atom is -0.490 e. The van der Waals surface area contributed by atoms with Crippen LogP contribution < -0.4 is 10.5 Å².